The molecule has 2 rings (SSSR count). The molecule has 0 aliphatic carbocycles. The highest BCUT2D eigenvalue weighted by Gasteiger charge is 2.30. The molecule has 0 radical (unpaired) electrons. The Bertz CT molecular complexity index is 590. The number of halogens is 4. The average Bonchev–Trinajstić information content (AvgIpc) is 2.81. The van der Waals surface area contributed by atoms with E-state index < -0.39 is 46.6 Å². The van der Waals surface area contributed by atoms with Gasteiger partial charge in [-0.05, 0) is 13.8 Å². The Morgan fingerprint density at radius 1 is 1.09 bits per heavy atom. The van der Waals surface area contributed by atoms with E-state index in [1.165, 1.54) is 7.11 Å². The van der Waals surface area contributed by atoms with Gasteiger partial charge in [-0.2, -0.15) is 0 Å². The lowest BCUT2D eigenvalue weighted by molar-refractivity contribution is 0.0123. The van der Waals surface area contributed by atoms with Crippen molar-refractivity contribution < 1.29 is 27.1 Å². The monoisotopic (exact) mass is 337 g/mol. The second-order valence-corrected chi connectivity index (χ2v) is 6.50. The first-order valence-corrected chi connectivity index (χ1v) is 7.46. The summed E-state index contributed by atoms with van der Waals surface area (Å²) < 4.78 is 60.0. The average molecular weight is 337 g/mol. The molecule has 1 aliphatic rings. The van der Waals surface area contributed by atoms with Crippen LogP contribution in [0, 0.1) is 23.3 Å². The van der Waals surface area contributed by atoms with Crippen LogP contribution in [0.1, 0.15) is 31.4 Å². The van der Waals surface area contributed by atoms with Crippen LogP contribution in [0.5, 0.6) is 0 Å². The Kier molecular flexibility index (Phi) is 5.01. The zero-order valence-electron chi connectivity index (χ0n) is 12.3. The number of hydrogen-bond donors (Lipinski definition) is 0. The maximum absolute atomic E-state index is 13.9. The van der Waals surface area contributed by atoms with E-state index in [2.05, 4.69) is 9.89 Å². The lowest BCUT2D eigenvalue weighted by Gasteiger charge is -2.13. The lowest BCUT2D eigenvalue weighted by Crippen LogP contribution is -2.18. The highest BCUT2D eigenvalue weighted by Crippen LogP contribution is 2.32. The Balaban J connectivity index is 2.22. The van der Waals surface area contributed by atoms with Crippen molar-refractivity contribution in [3.63, 3.8) is 0 Å². The molecule has 0 fully saturated rings. The molecule has 3 nitrogen and oxygen atoms in total. The number of benzene rings is 1. The van der Waals surface area contributed by atoms with Crippen LogP contribution in [0.3, 0.4) is 0 Å². The Hall–Kier alpha value is -1.28. The fraction of sp³-hybridized carbons (Fsp3) is 0.500. The second kappa shape index (κ2) is 6.45. The van der Waals surface area contributed by atoms with E-state index in [1.54, 1.807) is 0 Å². The van der Waals surface area contributed by atoms with Crippen molar-refractivity contribution in [2.24, 2.45) is 5.16 Å². The number of oxime groups is 1. The molecule has 0 saturated heterocycles. The predicted molar refractivity (Wildman–Crippen MR) is 75.5 cm³/mol. The number of rotatable bonds is 4. The van der Waals surface area contributed by atoms with Gasteiger partial charge >= 0.3 is 0 Å². The third-order valence-corrected chi connectivity index (χ3v) is 4.07. The van der Waals surface area contributed by atoms with E-state index in [-0.39, 0.29) is 5.75 Å². The van der Waals surface area contributed by atoms with E-state index in [9.17, 15) is 17.6 Å². The topological polar surface area (TPSA) is 30.8 Å². The summed E-state index contributed by atoms with van der Waals surface area (Å²) in [4.78, 5) is 5.12. The van der Waals surface area contributed by atoms with Gasteiger partial charge in [0.25, 0.3) is 0 Å². The zero-order chi connectivity index (χ0) is 16.5. The minimum atomic E-state index is -1.43. The number of ether oxygens (including phenoxy) is 1. The van der Waals surface area contributed by atoms with Crippen LogP contribution in [0.15, 0.2) is 5.16 Å². The van der Waals surface area contributed by atoms with Gasteiger partial charge in [0, 0.05) is 24.8 Å². The minimum absolute atomic E-state index is 0.281. The summed E-state index contributed by atoms with van der Waals surface area (Å²) in [6.07, 6.45) is 0.466. The summed E-state index contributed by atoms with van der Waals surface area (Å²) in [7, 11) is 1.18. The molecule has 1 aromatic rings. The SMILES string of the molecule is COCc1c(F)c(F)c(CSC2=NOC(C)(C)C2)c(F)c1F. The molecule has 8 heteroatoms. The third-order valence-electron chi connectivity index (χ3n) is 3.09. The van der Waals surface area contributed by atoms with Crippen molar-refractivity contribution in [1.29, 1.82) is 0 Å². The molecule has 0 N–H and O–H groups in total. The van der Waals surface area contributed by atoms with E-state index >= 15 is 0 Å². The van der Waals surface area contributed by atoms with E-state index in [1.807, 2.05) is 13.8 Å². The first-order valence-electron chi connectivity index (χ1n) is 6.47. The van der Waals surface area contributed by atoms with E-state index in [4.69, 9.17) is 4.84 Å². The molecule has 0 unspecified atom stereocenters. The first-order chi connectivity index (χ1) is 10.3. The summed E-state index contributed by atoms with van der Waals surface area (Å²) in [5, 5.41) is 4.30. The highest BCUT2D eigenvalue weighted by molar-refractivity contribution is 8.13. The number of hydrogen-bond acceptors (Lipinski definition) is 4. The third kappa shape index (κ3) is 3.38. The van der Waals surface area contributed by atoms with Crippen molar-refractivity contribution in [1.82, 2.24) is 0 Å². The van der Waals surface area contributed by atoms with Crippen LogP contribution >= 0.6 is 11.8 Å². The summed E-state index contributed by atoms with van der Waals surface area (Å²) in [6, 6.07) is 0. The molecule has 0 spiro atoms. The molecule has 0 bridgehead atoms. The molecule has 1 aromatic carbocycles. The molecule has 1 aliphatic heterocycles. The maximum Gasteiger partial charge on any atom is 0.167 e. The molecular formula is C14H15F4NO2S. The zero-order valence-corrected chi connectivity index (χ0v) is 13.1. The molecule has 0 aromatic heterocycles. The van der Waals surface area contributed by atoms with Gasteiger partial charge < -0.3 is 9.57 Å². The molecule has 0 amide bonds. The maximum atomic E-state index is 13.9. The molecule has 0 saturated carbocycles. The fourth-order valence-corrected chi connectivity index (χ4v) is 3.06. The van der Waals surface area contributed by atoms with Crippen molar-refractivity contribution in [2.75, 3.05) is 7.11 Å². The minimum Gasteiger partial charge on any atom is -0.389 e. The summed E-state index contributed by atoms with van der Waals surface area (Å²) in [6.45, 7) is 3.07. The molecular weight excluding hydrogens is 322 g/mol. The number of thioether (sulfide) groups is 1. The van der Waals surface area contributed by atoms with E-state index in [0.29, 0.717) is 11.5 Å². The Labute approximate surface area is 129 Å². The number of methoxy groups -OCH3 is 1. The standard InChI is InChI=1S/C14H15F4NO2S/c1-14(2)4-9(19-21-14)22-6-8-12(17)10(15)7(5-20-3)11(16)13(8)18/h4-6H2,1-3H3. The van der Waals surface area contributed by atoms with Crippen molar-refractivity contribution in [2.45, 2.75) is 38.2 Å². The smallest absolute Gasteiger partial charge is 0.167 e. The largest absolute Gasteiger partial charge is 0.389 e. The summed E-state index contributed by atoms with van der Waals surface area (Å²) in [5.41, 5.74) is -1.90. The molecule has 122 valence electrons. The van der Waals surface area contributed by atoms with Crippen LogP contribution in [-0.2, 0) is 21.9 Å². The van der Waals surface area contributed by atoms with Gasteiger partial charge in [0.1, 0.15) is 10.6 Å². The normalized spacial score (nSPS) is 16.6. The van der Waals surface area contributed by atoms with Crippen LogP contribution in [0.25, 0.3) is 0 Å². The van der Waals surface area contributed by atoms with Gasteiger partial charge in [-0.25, -0.2) is 17.6 Å². The quantitative estimate of drug-likeness (QED) is 0.611. The van der Waals surface area contributed by atoms with Crippen molar-refractivity contribution in [3.05, 3.63) is 34.4 Å². The predicted octanol–water partition coefficient (Wildman–Crippen LogP) is 4.14. The van der Waals surface area contributed by atoms with Gasteiger partial charge in [0.2, 0.25) is 0 Å². The second-order valence-electron chi connectivity index (χ2n) is 5.45. The van der Waals surface area contributed by atoms with Gasteiger partial charge in [-0.15, -0.1) is 11.8 Å². The first kappa shape index (κ1) is 17.1. The fourth-order valence-electron chi connectivity index (χ4n) is 1.96. The molecule has 1 heterocycles. The van der Waals surface area contributed by atoms with Gasteiger partial charge in [0.15, 0.2) is 23.3 Å². The van der Waals surface area contributed by atoms with Crippen molar-refractivity contribution >= 4 is 16.8 Å². The number of nitrogens with zero attached hydrogens (tertiary/aromatic N) is 1. The van der Waals surface area contributed by atoms with E-state index in [0.717, 1.165) is 11.8 Å². The summed E-state index contributed by atoms with van der Waals surface area (Å²) in [5.74, 6) is -5.95. The van der Waals surface area contributed by atoms with Gasteiger partial charge in [-0.1, -0.05) is 5.16 Å². The van der Waals surface area contributed by atoms with Gasteiger partial charge in [0.05, 0.1) is 12.2 Å². The van der Waals surface area contributed by atoms with Crippen LogP contribution in [0.4, 0.5) is 17.6 Å². The highest BCUT2D eigenvalue weighted by atomic mass is 32.2. The molecule has 22 heavy (non-hydrogen) atoms. The molecule has 0 atom stereocenters. The van der Waals surface area contributed by atoms with Crippen LogP contribution in [-0.4, -0.2) is 17.8 Å². The Morgan fingerprint density at radius 3 is 2.09 bits per heavy atom. The summed E-state index contributed by atoms with van der Waals surface area (Å²) >= 11 is 0.985. The Morgan fingerprint density at radius 2 is 1.64 bits per heavy atom. The van der Waals surface area contributed by atoms with Crippen LogP contribution in [0.2, 0.25) is 0 Å². The van der Waals surface area contributed by atoms with Crippen LogP contribution < -0.4 is 0 Å². The van der Waals surface area contributed by atoms with Crippen molar-refractivity contribution in [3.8, 4) is 0 Å². The lowest BCUT2D eigenvalue weighted by atomic mass is 10.1. The van der Waals surface area contributed by atoms with Gasteiger partial charge in [-0.3, -0.25) is 0 Å².